The Morgan fingerprint density at radius 2 is 2.19 bits per heavy atom. The fourth-order valence-electron chi connectivity index (χ4n) is 1.58. The minimum atomic E-state index is -0.339. The highest BCUT2D eigenvalue weighted by Gasteiger charge is 2.19. The molecule has 0 spiro atoms. The van der Waals surface area contributed by atoms with Gasteiger partial charge in [0, 0.05) is 17.2 Å². The van der Waals surface area contributed by atoms with E-state index in [0.717, 1.165) is 12.8 Å². The summed E-state index contributed by atoms with van der Waals surface area (Å²) in [5.74, 6) is 0.0196. The molecular formula is C13H17ClO2. The first-order valence-corrected chi connectivity index (χ1v) is 5.98. The maximum absolute atomic E-state index is 12.1. The van der Waals surface area contributed by atoms with Crippen molar-refractivity contribution < 1.29 is 9.53 Å². The summed E-state index contributed by atoms with van der Waals surface area (Å²) in [6, 6.07) is 7.00. The van der Waals surface area contributed by atoms with Crippen molar-refractivity contribution in [2.45, 2.75) is 32.8 Å². The number of hydrogen-bond donors (Lipinski definition) is 0. The van der Waals surface area contributed by atoms with Crippen LogP contribution in [0, 0.1) is 0 Å². The fourth-order valence-corrected chi connectivity index (χ4v) is 1.77. The van der Waals surface area contributed by atoms with Gasteiger partial charge in [-0.15, -0.1) is 0 Å². The van der Waals surface area contributed by atoms with Gasteiger partial charge in [-0.1, -0.05) is 37.1 Å². The zero-order valence-corrected chi connectivity index (χ0v) is 10.5. The summed E-state index contributed by atoms with van der Waals surface area (Å²) in [6.07, 6.45) is 1.34. The molecule has 2 nitrogen and oxygen atoms in total. The summed E-state index contributed by atoms with van der Waals surface area (Å²) in [4.78, 5) is 12.1. The van der Waals surface area contributed by atoms with Crippen molar-refractivity contribution in [3.8, 4) is 0 Å². The normalized spacial score (nSPS) is 12.4. The number of rotatable bonds is 6. The molecule has 0 bridgehead atoms. The highest BCUT2D eigenvalue weighted by atomic mass is 35.5. The van der Waals surface area contributed by atoms with E-state index in [1.807, 2.05) is 13.8 Å². The summed E-state index contributed by atoms with van der Waals surface area (Å²) in [6.45, 7) is 4.49. The Hall–Kier alpha value is -0.860. The molecule has 0 heterocycles. The van der Waals surface area contributed by atoms with Crippen LogP contribution in [0.2, 0.25) is 5.02 Å². The SMILES string of the molecule is CCCC(OCC)C(=O)c1cccc(Cl)c1. The average molecular weight is 241 g/mol. The molecule has 1 rings (SSSR count). The van der Waals surface area contributed by atoms with Gasteiger partial charge in [-0.2, -0.15) is 0 Å². The van der Waals surface area contributed by atoms with Crippen molar-refractivity contribution in [2.75, 3.05) is 6.61 Å². The van der Waals surface area contributed by atoms with Crippen LogP contribution in [0.1, 0.15) is 37.0 Å². The van der Waals surface area contributed by atoms with E-state index in [2.05, 4.69) is 0 Å². The van der Waals surface area contributed by atoms with E-state index in [9.17, 15) is 4.79 Å². The highest BCUT2D eigenvalue weighted by molar-refractivity contribution is 6.31. The molecule has 1 atom stereocenters. The summed E-state index contributed by atoms with van der Waals surface area (Å²) in [5.41, 5.74) is 0.624. The largest absolute Gasteiger partial charge is 0.370 e. The van der Waals surface area contributed by atoms with Crippen molar-refractivity contribution in [3.05, 3.63) is 34.9 Å². The van der Waals surface area contributed by atoms with Crippen molar-refractivity contribution in [1.29, 1.82) is 0 Å². The molecule has 1 unspecified atom stereocenters. The molecule has 0 aliphatic rings. The first-order valence-electron chi connectivity index (χ1n) is 5.60. The first-order chi connectivity index (χ1) is 7.69. The number of hydrogen-bond acceptors (Lipinski definition) is 2. The molecule has 0 radical (unpaired) electrons. The molecule has 1 aromatic rings. The molecular weight excluding hydrogens is 224 g/mol. The lowest BCUT2D eigenvalue weighted by Crippen LogP contribution is -2.24. The van der Waals surface area contributed by atoms with Crippen molar-refractivity contribution in [1.82, 2.24) is 0 Å². The summed E-state index contributed by atoms with van der Waals surface area (Å²) in [5, 5.41) is 0.581. The third-order valence-corrected chi connectivity index (χ3v) is 2.56. The molecule has 0 aliphatic carbocycles. The van der Waals surface area contributed by atoms with Crippen LogP contribution in [-0.4, -0.2) is 18.5 Å². The Labute approximate surface area is 102 Å². The lowest BCUT2D eigenvalue weighted by molar-refractivity contribution is 0.0423. The molecule has 0 saturated carbocycles. The number of benzene rings is 1. The van der Waals surface area contributed by atoms with E-state index in [0.29, 0.717) is 17.2 Å². The van der Waals surface area contributed by atoms with Crippen LogP contribution in [0.4, 0.5) is 0 Å². The molecule has 0 amide bonds. The Morgan fingerprint density at radius 3 is 2.75 bits per heavy atom. The third kappa shape index (κ3) is 3.62. The van der Waals surface area contributed by atoms with E-state index in [-0.39, 0.29) is 11.9 Å². The van der Waals surface area contributed by atoms with E-state index in [4.69, 9.17) is 16.3 Å². The number of halogens is 1. The van der Waals surface area contributed by atoms with Crippen LogP contribution < -0.4 is 0 Å². The van der Waals surface area contributed by atoms with Crippen LogP contribution in [0.25, 0.3) is 0 Å². The fraction of sp³-hybridized carbons (Fsp3) is 0.462. The number of ketones is 1. The second-order valence-electron chi connectivity index (χ2n) is 3.61. The molecule has 88 valence electrons. The van der Waals surface area contributed by atoms with Gasteiger partial charge in [0.25, 0.3) is 0 Å². The monoisotopic (exact) mass is 240 g/mol. The summed E-state index contributed by atoms with van der Waals surface area (Å²) >= 11 is 5.85. The second kappa shape index (κ2) is 6.66. The van der Waals surface area contributed by atoms with Crippen molar-refractivity contribution in [3.63, 3.8) is 0 Å². The topological polar surface area (TPSA) is 26.3 Å². The molecule has 1 aromatic carbocycles. The van der Waals surface area contributed by atoms with Gasteiger partial charge in [0.05, 0.1) is 0 Å². The third-order valence-electron chi connectivity index (χ3n) is 2.32. The van der Waals surface area contributed by atoms with Crippen LogP contribution in [0.15, 0.2) is 24.3 Å². The second-order valence-corrected chi connectivity index (χ2v) is 4.04. The van der Waals surface area contributed by atoms with Gasteiger partial charge in [-0.05, 0) is 25.5 Å². The molecule has 16 heavy (non-hydrogen) atoms. The van der Waals surface area contributed by atoms with Crippen LogP contribution in [0.3, 0.4) is 0 Å². The molecule has 0 fully saturated rings. The summed E-state index contributed by atoms with van der Waals surface area (Å²) < 4.78 is 5.45. The highest BCUT2D eigenvalue weighted by Crippen LogP contribution is 2.15. The predicted octanol–water partition coefficient (Wildman–Crippen LogP) is 3.73. The molecule has 0 saturated heterocycles. The smallest absolute Gasteiger partial charge is 0.191 e. The predicted molar refractivity (Wildman–Crippen MR) is 66.1 cm³/mol. The van der Waals surface area contributed by atoms with Crippen LogP contribution in [-0.2, 0) is 4.74 Å². The lowest BCUT2D eigenvalue weighted by Gasteiger charge is -2.14. The van der Waals surface area contributed by atoms with Gasteiger partial charge < -0.3 is 4.74 Å². The van der Waals surface area contributed by atoms with Gasteiger partial charge in [-0.25, -0.2) is 0 Å². The van der Waals surface area contributed by atoms with Gasteiger partial charge in [-0.3, -0.25) is 4.79 Å². The van der Waals surface area contributed by atoms with Crippen molar-refractivity contribution >= 4 is 17.4 Å². The molecule has 0 aromatic heterocycles. The molecule has 3 heteroatoms. The van der Waals surface area contributed by atoms with Gasteiger partial charge >= 0.3 is 0 Å². The van der Waals surface area contributed by atoms with Crippen LogP contribution >= 0.6 is 11.6 Å². The number of ether oxygens (including phenoxy) is 1. The number of carbonyl (C=O) groups excluding carboxylic acids is 1. The maximum atomic E-state index is 12.1. The van der Waals surface area contributed by atoms with Gasteiger partial charge in [0.15, 0.2) is 5.78 Å². The number of carbonyl (C=O) groups is 1. The van der Waals surface area contributed by atoms with E-state index in [1.54, 1.807) is 24.3 Å². The van der Waals surface area contributed by atoms with E-state index in [1.165, 1.54) is 0 Å². The Morgan fingerprint density at radius 1 is 1.44 bits per heavy atom. The van der Waals surface area contributed by atoms with E-state index >= 15 is 0 Å². The zero-order chi connectivity index (χ0) is 12.0. The average Bonchev–Trinajstić information content (AvgIpc) is 2.28. The first kappa shape index (κ1) is 13.2. The Kier molecular flexibility index (Phi) is 5.50. The zero-order valence-electron chi connectivity index (χ0n) is 9.70. The Balaban J connectivity index is 2.81. The lowest BCUT2D eigenvalue weighted by atomic mass is 10.0. The minimum Gasteiger partial charge on any atom is -0.370 e. The van der Waals surface area contributed by atoms with Gasteiger partial charge in [0.1, 0.15) is 6.10 Å². The quantitative estimate of drug-likeness (QED) is 0.709. The van der Waals surface area contributed by atoms with E-state index < -0.39 is 0 Å². The maximum Gasteiger partial charge on any atom is 0.191 e. The Bertz CT molecular complexity index is 344. The molecule has 0 N–H and O–H groups in total. The molecule has 0 aliphatic heterocycles. The standard InChI is InChI=1S/C13H17ClO2/c1-3-6-12(16-4-2)13(15)10-7-5-8-11(14)9-10/h5,7-9,12H,3-4,6H2,1-2H3. The van der Waals surface area contributed by atoms with Gasteiger partial charge in [0.2, 0.25) is 0 Å². The number of Topliss-reactive ketones (excluding diaryl/α,β-unsaturated/α-hetero) is 1. The summed E-state index contributed by atoms with van der Waals surface area (Å²) in [7, 11) is 0. The van der Waals surface area contributed by atoms with Crippen molar-refractivity contribution in [2.24, 2.45) is 0 Å². The minimum absolute atomic E-state index is 0.0196. The van der Waals surface area contributed by atoms with Crippen LogP contribution in [0.5, 0.6) is 0 Å².